The van der Waals surface area contributed by atoms with E-state index in [1.807, 2.05) is 6.07 Å². The number of rotatable bonds is 4. The molecule has 1 aliphatic heterocycles. The average molecular weight is 275 g/mol. The predicted octanol–water partition coefficient (Wildman–Crippen LogP) is 1.12. The van der Waals surface area contributed by atoms with Crippen molar-refractivity contribution in [3.05, 3.63) is 29.8 Å². The molecule has 0 bridgehead atoms. The fourth-order valence-electron chi connectivity index (χ4n) is 2.39. The summed E-state index contributed by atoms with van der Waals surface area (Å²) in [7, 11) is 0. The largest absolute Gasteiger partial charge is 0.324 e. The molecule has 2 rings (SSSR count). The van der Waals surface area contributed by atoms with Gasteiger partial charge in [-0.25, -0.2) is 0 Å². The lowest BCUT2D eigenvalue weighted by Gasteiger charge is -2.33. The van der Waals surface area contributed by atoms with E-state index in [1.54, 1.807) is 18.2 Å². The number of amides is 1. The first-order valence-electron chi connectivity index (χ1n) is 6.92. The molecule has 1 aliphatic rings. The van der Waals surface area contributed by atoms with Crippen molar-refractivity contribution in [1.29, 1.82) is 0 Å². The third kappa shape index (κ3) is 3.65. The zero-order valence-electron chi connectivity index (χ0n) is 12.0. The van der Waals surface area contributed by atoms with Gasteiger partial charge in [0.05, 0.1) is 12.2 Å². The van der Waals surface area contributed by atoms with E-state index in [-0.39, 0.29) is 11.7 Å². The lowest BCUT2D eigenvalue weighted by Crippen LogP contribution is -2.52. The van der Waals surface area contributed by atoms with Gasteiger partial charge in [0.25, 0.3) is 0 Å². The van der Waals surface area contributed by atoms with E-state index in [0.717, 1.165) is 19.6 Å². The Hall–Kier alpha value is -1.72. The van der Waals surface area contributed by atoms with E-state index in [0.29, 0.717) is 23.8 Å². The van der Waals surface area contributed by atoms with Gasteiger partial charge in [-0.2, -0.15) is 0 Å². The van der Waals surface area contributed by atoms with Crippen molar-refractivity contribution in [1.82, 2.24) is 10.2 Å². The van der Waals surface area contributed by atoms with Gasteiger partial charge >= 0.3 is 0 Å². The van der Waals surface area contributed by atoms with Gasteiger partial charge < -0.3 is 10.6 Å². The van der Waals surface area contributed by atoms with Crippen LogP contribution in [0.25, 0.3) is 0 Å². The van der Waals surface area contributed by atoms with Crippen molar-refractivity contribution in [2.24, 2.45) is 0 Å². The number of ketones is 1. The third-order valence-corrected chi connectivity index (χ3v) is 3.57. The maximum Gasteiger partial charge on any atom is 0.238 e. The van der Waals surface area contributed by atoms with Crippen LogP contribution in [-0.4, -0.2) is 48.8 Å². The van der Waals surface area contributed by atoms with Gasteiger partial charge in [0, 0.05) is 31.2 Å². The minimum Gasteiger partial charge on any atom is -0.324 e. The first-order valence-corrected chi connectivity index (χ1v) is 6.92. The summed E-state index contributed by atoms with van der Waals surface area (Å²) < 4.78 is 0. The number of hydrogen-bond donors (Lipinski definition) is 2. The van der Waals surface area contributed by atoms with Crippen molar-refractivity contribution in [2.75, 3.05) is 31.5 Å². The Bertz CT molecular complexity index is 502. The number of carbonyl (C=O) groups is 2. The molecule has 1 aromatic rings. The first-order chi connectivity index (χ1) is 9.58. The van der Waals surface area contributed by atoms with Crippen molar-refractivity contribution in [3.8, 4) is 0 Å². The summed E-state index contributed by atoms with van der Waals surface area (Å²) in [6.07, 6.45) is 0. The van der Waals surface area contributed by atoms with E-state index in [4.69, 9.17) is 0 Å². The second kappa shape index (κ2) is 6.63. The molecule has 0 unspecified atom stereocenters. The van der Waals surface area contributed by atoms with Crippen molar-refractivity contribution >= 4 is 17.4 Å². The molecule has 0 saturated carbocycles. The van der Waals surface area contributed by atoms with E-state index < -0.39 is 0 Å². The molecule has 2 N–H and O–H groups in total. The van der Waals surface area contributed by atoms with Crippen molar-refractivity contribution in [3.63, 3.8) is 0 Å². The molecule has 1 amide bonds. The smallest absolute Gasteiger partial charge is 0.238 e. The fraction of sp³-hybridized carbons (Fsp3) is 0.467. The van der Waals surface area contributed by atoms with Crippen LogP contribution in [0.5, 0.6) is 0 Å². The van der Waals surface area contributed by atoms with Gasteiger partial charge in [-0.1, -0.05) is 12.1 Å². The van der Waals surface area contributed by atoms with Gasteiger partial charge in [-0.15, -0.1) is 0 Å². The molecule has 1 saturated heterocycles. The maximum absolute atomic E-state index is 12.1. The van der Waals surface area contributed by atoms with Crippen LogP contribution in [0.15, 0.2) is 24.3 Å². The van der Waals surface area contributed by atoms with Crippen LogP contribution in [0.4, 0.5) is 5.69 Å². The number of nitrogens with zero attached hydrogens (tertiary/aromatic N) is 1. The zero-order valence-corrected chi connectivity index (χ0v) is 12.0. The second-order valence-corrected chi connectivity index (χ2v) is 5.17. The normalized spacial score (nSPS) is 19.6. The van der Waals surface area contributed by atoms with E-state index in [9.17, 15) is 9.59 Å². The molecule has 1 fully saturated rings. The summed E-state index contributed by atoms with van der Waals surface area (Å²) in [6.45, 7) is 6.63. The van der Waals surface area contributed by atoms with Gasteiger partial charge in [-0.3, -0.25) is 14.5 Å². The van der Waals surface area contributed by atoms with E-state index in [2.05, 4.69) is 22.5 Å². The number of nitrogens with one attached hydrogen (secondary N) is 2. The molecule has 1 atom stereocenters. The number of hydrogen-bond acceptors (Lipinski definition) is 4. The summed E-state index contributed by atoms with van der Waals surface area (Å²) in [5.41, 5.74) is 1.14. The molecule has 0 aliphatic carbocycles. The topological polar surface area (TPSA) is 61.4 Å². The van der Waals surface area contributed by atoms with Crippen molar-refractivity contribution < 1.29 is 9.59 Å². The Balaban J connectivity index is 1.99. The lowest BCUT2D eigenvalue weighted by atomic mass is 10.1. The Morgan fingerprint density at radius 3 is 2.85 bits per heavy atom. The highest BCUT2D eigenvalue weighted by molar-refractivity contribution is 6.04. The molecule has 0 aromatic heterocycles. The molecule has 5 nitrogen and oxygen atoms in total. The summed E-state index contributed by atoms with van der Waals surface area (Å²) in [6, 6.07) is 7.44. The number of piperazine rings is 1. The molecular formula is C15H21N3O2. The van der Waals surface area contributed by atoms with Crippen LogP contribution in [0.2, 0.25) is 0 Å². The van der Waals surface area contributed by atoms with Crippen molar-refractivity contribution in [2.45, 2.75) is 19.9 Å². The molecular weight excluding hydrogens is 254 g/mol. The first kappa shape index (κ1) is 14.7. The number of anilines is 1. The molecule has 1 heterocycles. The monoisotopic (exact) mass is 275 g/mol. The van der Waals surface area contributed by atoms with Crippen LogP contribution in [0, 0.1) is 0 Å². The predicted molar refractivity (Wildman–Crippen MR) is 79.0 cm³/mol. The number of Topliss-reactive ketones (excluding diaryl/α,β-unsaturated/α-hetero) is 1. The highest BCUT2D eigenvalue weighted by Crippen LogP contribution is 2.15. The quantitative estimate of drug-likeness (QED) is 0.808. The van der Waals surface area contributed by atoms with Crippen LogP contribution in [0.3, 0.4) is 0 Å². The van der Waals surface area contributed by atoms with Gasteiger partial charge in [0.1, 0.15) is 0 Å². The van der Waals surface area contributed by atoms with Crippen LogP contribution in [-0.2, 0) is 4.79 Å². The molecule has 0 spiro atoms. The maximum atomic E-state index is 12.1. The van der Waals surface area contributed by atoms with Gasteiger partial charge in [0.2, 0.25) is 5.91 Å². The highest BCUT2D eigenvalue weighted by atomic mass is 16.2. The lowest BCUT2D eigenvalue weighted by molar-refractivity contribution is -0.118. The average Bonchev–Trinajstić information content (AvgIpc) is 2.41. The Morgan fingerprint density at radius 1 is 1.40 bits per heavy atom. The van der Waals surface area contributed by atoms with E-state index in [1.165, 1.54) is 6.92 Å². The van der Waals surface area contributed by atoms with Crippen LogP contribution >= 0.6 is 0 Å². The molecule has 20 heavy (non-hydrogen) atoms. The van der Waals surface area contributed by atoms with Crippen LogP contribution < -0.4 is 10.6 Å². The summed E-state index contributed by atoms with van der Waals surface area (Å²) in [5, 5.41) is 6.13. The molecule has 108 valence electrons. The molecule has 5 heteroatoms. The van der Waals surface area contributed by atoms with Gasteiger partial charge in [-0.05, 0) is 26.0 Å². The Kier molecular flexibility index (Phi) is 4.87. The Labute approximate surface area is 119 Å². The second-order valence-electron chi connectivity index (χ2n) is 5.17. The summed E-state index contributed by atoms with van der Waals surface area (Å²) in [5.74, 6) is -0.121. The molecule has 0 radical (unpaired) electrons. The number of benzene rings is 1. The van der Waals surface area contributed by atoms with E-state index >= 15 is 0 Å². The third-order valence-electron chi connectivity index (χ3n) is 3.57. The zero-order chi connectivity index (χ0) is 14.5. The highest BCUT2D eigenvalue weighted by Gasteiger charge is 2.20. The minimum absolute atomic E-state index is 0.0450. The minimum atomic E-state index is -0.0764. The number of carbonyl (C=O) groups excluding carboxylic acids is 2. The standard InChI is InChI=1S/C15H21N3O2/c1-11-9-16-7-8-18(11)10-15(20)17-14-6-4-3-5-13(14)12(2)19/h3-6,11,16H,7-10H2,1-2H3,(H,17,20)/t11-/m1/s1. The summed E-state index contributed by atoms with van der Waals surface area (Å²) >= 11 is 0. The SMILES string of the molecule is CC(=O)c1ccccc1NC(=O)CN1CCNC[C@H]1C. The number of para-hydroxylation sites is 1. The fourth-order valence-corrected chi connectivity index (χ4v) is 2.39. The Morgan fingerprint density at radius 2 is 2.15 bits per heavy atom. The summed E-state index contributed by atoms with van der Waals surface area (Å²) in [4.78, 5) is 25.8. The molecule has 1 aromatic carbocycles. The van der Waals surface area contributed by atoms with Gasteiger partial charge in [0.15, 0.2) is 5.78 Å². The van der Waals surface area contributed by atoms with Crippen LogP contribution in [0.1, 0.15) is 24.2 Å².